The quantitative estimate of drug-likeness (QED) is 0.720. The van der Waals surface area contributed by atoms with Gasteiger partial charge in [0.15, 0.2) is 10.9 Å². The van der Waals surface area contributed by atoms with E-state index in [-0.39, 0.29) is 20.8 Å². The van der Waals surface area contributed by atoms with Crippen molar-refractivity contribution in [2.75, 3.05) is 5.32 Å². The molecule has 0 aliphatic rings. The molecule has 0 aliphatic heterocycles. The Morgan fingerprint density at radius 2 is 2.05 bits per heavy atom. The van der Waals surface area contributed by atoms with E-state index in [9.17, 15) is 18.0 Å². The molecule has 0 unspecified atom stereocenters. The van der Waals surface area contributed by atoms with E-state index >= 15 is 0 Å². The molecule has 0 spiro atoms. The van der Waals surface area contributed by atoms with Crippen LogP contribution in [0.1, 0.15) is 10.4 Å². The molecule has 5 nitrogen and oxygen atoms in total. The summed E-state index contributed by atoms with van der Waals surface area (Å²) in [5.41, 5.74) is 4.58. The van der Waals surface area contributed by atoms with Crippen molar-refractivity contribution < 1.29 is 27.8 Å². The van der Waals surface area contributed by atoms with Gasteiger partial charge in [0.25, 0.3) is 0 Å². The minimum Gasteiger partial charge on any atom is -0.478 e. The van der Waals surface area contributed by atoms with Gasteiger partial charge in [0, 0.05) is 0 Å². The van der Waals surface area contributed by atoms with Gasteiger partial charge in [-0.15, -0.1) is 13.2 Å². The summed E-state index contributed by atoms with van der Waals surface area (Å²) in [5.74, 6) is -1.99. The van der Waals surface area contributed by atoms with Crippen molar-refractivity contribution in [3.63, 3.8) is 0 Å². The van der Waals surface area contributed by atoms with Gasteiger partial charge in [-0.2, -0.15) is 0 Å². The molecule has 0 saturated carbocycles. The van der Waals surface area contributed by atoms with Gasteiger partial charge in [-0.25, -0.2) is 4.79 Å². The van der Waals surface area contributed by atoms with Crippen LogP contribution in [0.5, 0.6) is 5.75 Å². The SMILES string of the molecule is NC(=S)Nc1cc(C(=O)O)cc(Br)c1OC(F)(F)F. The second-order valence-electron chi connectivity index (χ2n) is 3.18. The first-order valence-corrected chi connectivity index (χ1v) is 5.69. The topological polar surface area (TPSA) is 84.6 Å². The van der Waals surface area contributed by atoms with Crippen molar-refractivity contribution in [1.82, 2.24) is 0 Å². The summed E-state index contributed by atoms with van der Waals surface area (Å²) in [5, 5.41) is 10.7. The zero-order chi connectivity index (χ0) is 14.8. The first kappa shape index (κ1) is 15.5. The fourth-order valence-corrected chi connectivity index (χ4v) is 1.81. The van der Waals surface area contributed by atoms with Gasteiger partial charge >= 0.3 is 12.3 Å². The first-order chi connectivity index (χ1) is 8.60. The van der Waals surface area contributed by atoms with Gasteiger partial charge < -0.3 is 20.9 Å². The number of anilines is 1. The van der Waals surface area contributed by atoms with Crippen LogP contribution in [0, 0.1) is 0 Å². The number of nitrogens with one attached hydrogen (secondary N) is 1. The van der Waals surface area contributed by atoms with Crippen LogP contribution in [0.25, 0.3) is 0 Å². The van der Waals surface area contributed by atoms with Crippen molar-refractivity contribution >= 4 is 44.9 Å². The molecular weight excluding hydrogens is 353 g/mol. The van der Waals surface area contributed by atoms with Crippen molar-refractivity contribution in [3.05, 3.63) is 22.2 Å². The van der Waals surface area contributed by atoms with Gasteiger partial charge in [0.2, 0.25) is 0 Å². The highest BCUT2D eigenvalue weighted by Crippen LogP contribution is 2.38. The summed E-state index contributed by atoms with van der Waals surface area (Å²) in [6.45, 7) is 0. The second-order valence-corrected chi connectivity index (χ2v) is 4.47. The number of nitrogens with two attached hydrogens (primary N) is 1. The molecule has 0 atom stereocenters. The molecule has 0 bridgehead atoms. The maximum atomic E-state index is 12.2. The van der Waals surface area contributed by atoms with Crippen LogP contribution in [-0.4, -0.2) is 22.6 Å². The zero-order valence-corrected chi connectivity index (χ0v) is 11.3. The average molecular weight is 359 g/mol. The highest BCUT2D eigenvalue weighted by atomic mass is 79.9. The number of carbonyl (C=O) groups is 1. The molecule has 0 amide bonds. The molecule has 1 aromatic carbocycles. The molecule has 0 aromatic heterocycles. The molecule has 1 aromatic rings. The third kappa shape index (κ3) is 4.56. The highest BCUT2D eigenvalue weighted by molar-refractivity contribution is 9.10. The number of halogens is 4. The number of alkyl halides is 3. The lowest BCUT2D eigenvalue weighted by Gasteiger charge is -2.16. The highest BCUT2D eigenvalue weighted by Gasteiger charge is 2.33. The van der Waals surface area contributed by atoms with Gasteiger partial charge in [-0.05, 0) is 40.3 Å². The van der Waals surface area contributed by atoms with E-state index in [1.807, 2.05) is 0 Å². The van der Waals surface area contributed by atoms with Crippen LogP contribution in [0.4, 0.5) is 18.9 Å². The number of carboxylic acids is 1. The summed E-state index contributed by atoms with van der Waals surface area (Å²) in [6.07, 6.45) is -4.94. The maximum absolute atomic E-state index is 12.2. The van der Waals surface area contributed by atoms with Gasteiger partial charge in [0.1, 0.15) is 0 Å². The summed E-state index contributed by atoms with van der Waals surface area (Å²) >= 11 is 7.29. The van der Waals surface area contributed by atoms with E-state index in [0.29, 0.717) is 0 Å². The number of hydrogen-bond acceptors (Lipinski definition) is 3. The molecule has 1 rings (SSSR count). The lowest BCUT2D eigenvalue weighted by Crippen LogP contribution is -2.23. The number of carboxylic acid groups (broad SMARTS) is 1. The lowest BCUT2D eigenvalue weighted by atomic mass is 10.2. The molecular formula is C9H6BrF3N2O3S. The van der Waals surface area contributed by atoms with E-state index in [2.05, 4.69) is 38.2 Å². The Morgan fingerprint density at radius 3 is 2.47 bits per heavy atom. The Morgan fingerprint density at radius 1 is 1.47 bits per heavy atom. The summed E-state index contributed by atoms with van der Waals surface area (Å²) in [6, 6.07) is 1.89. The van der Waals surface area contributed by atoms with Crippen LogP contribution in [0.3, 0.4) is 0 Å². The standard InChI is InChI=1S/C9H6BrF3N2O3S/c10-4-1-3(7(16)17)2-5(15-8(14)19)6(4)18-9(11,12)13/h1-2H,(H,16,17)(H3,14,15,19). The number of ether oxygens (including phenoxy) is 1. The molecule has 19 heavy (non-hydrogen) atoms. The maximum Gasteiger partial charge on any atom is 0.573 e. The summed E-state index contributed by atoms with van der Waals surface area (Å²) in [4.78, 5) is 10.8. The molecule has 104 valence electrons. The van der Waals surface area contributed by atoms with E-state index < -0.39 is 18.1 Å². The van der Waals surface area contributed by atoms with Crippen LogP contribution in [-0.2, 0) is 0 Å². The van der Waals surface area contributed by atoms with E-state index in [1.54, 1.807) is 0 Å². The minimum atomic E-state index is -4.94. The molecule has 0 heterocycles. The predicted octanol–water partition coefficient (Wildman–Crippen LogP) is 2.70. The van der Waals surface area contributed by atoms with Crippen molar-refractivity contribution in [2.45, 2.75) is 6.36 Å². The minimum absolute atomic E-state index is 0.205. The smallest absolute Gasteiger partial charge is 0.478 e. The van der Waals surface area contributed by atoms with Gasteiger partial charge in [-0.3, -0.25) is 0 Å². The Bertz CT molecular complexity index is 536. The summed E-state index contributed by atoms with van der Waals surface area (Å²) < 4.78 is 40.3. The van der Waals surface area contributed by atoms with Gasteiger partial charge in [-0.1, -0.05) is 0 Å². The second kappa shape index (κ2) is 5.61. The fraction of sp³-hybridized carbons (Fsp3) is 0.111. The third-order valence-corrected chi connectivity index (χ3v) is 2.46. The molecule has 4 N–H and O–H groups in total. The van der Waals surface area contributed by atoms with Crippen LogP contribution >= 0.6 is 28.1 Å². The van der Waals surface area contributed by atoms with E-state index in [1.165, 1.54) is 0 Å². The molecule has 0 radical (unpaired) electrons. The first-order valence-electron chi connectivity index (χ1n) is 4.49. The summed E-state index contributed by atoms with van der Waals surface area (Å²) in [7, 11) is 0. The Hall–Kier alpha value is -1.55. The molecule has 0 saturated heterocycles. The molecule has 10 heteroatoms. The van der Waals surface area contributed by atoms with E-state index in [4.69, 9.17) is 10.8 Å². The third-order valence-electron chi connectivity index (χ3n) is 1.77. The van der Waals surface area contributed by atoms with Crippen LogP contribution < -0.4 is 15.8 Å². The Kier molecular flexibility index (Phi) is 4.58. The number of benzene rings is 1. The van der Waals surface area contributed by atoms with Crippen molar-refractivity contribution in [1.29, 1.82) is 0 Å². The number of thiocarbonyl (C=S) groups is 1. The van der Waals surface area contributed by atoms with Crippen molar-refractivity contribution in [2.24, 2.45) is 5.73 Å². The Balaban J connectivity index is 3.34. The normalized spacial score (nSPS) is 10.9. The van der Waals surface area contributed by atoms with Crippen LogP contribution in [0.2, 0.25) is 0 Å². The molecule has 0 fully saturated rings. The fourth-order valence-electron chi connectivity index (χ4n) is 1.16. The zero-order valence-electron chi connectivity index (χ0n) is 8.92. The van der Waals surface area contributed by atoms with Crippen LogP contribution in [0.15, 0.2) is 16.6 Å². The Labute approximate surface area is 118 Å². The molecule has 0 aliphatic carbocycles. The number of rotatable bonds is 3. The monoisotopic (exact) mass is 358 g/mol. The number of hydrogen-bond donors (Lipinski definition) is 3. The lowest BCUT2D eigenvalue weighted by molar-refractivity contribution is -0.274. The number of aromatic carboxylic acids is 1. The van der Waals surface area contributed by atoms with E-state index in [0.717, 1.165) is 12.1 Å². The largest absolute Gasteiger partial charge is 0.573 e. The van der Waals surface area contributed by atoms with Crippen molar-refractivity contribution in [3.8, 4) is 5.75 Å². The van der Waals surface area contributed by atoms with Gasteiger partial charge in [0.05, 0.1) is 15.7 Å². The predicted molar refractivity (Wildman–Crippen MR) is 68.2 cm³/mol. The average Bonchev–Trinajstić information content (AvgIpc) is 2.20.